The summed E-state index contributed by atoms with van der Waals surface area (Å²) in [4.78, 5) is 0. The van der Waals surface area contributed by atoms with Crippen molar-refractivity contribution in [2.75, 3.05) is 0 Å². The van der Waals surface area contributed by atoms with E-state index in [1.807, 2.05) is 0 Å². The molecule has 10 aromatic rings. The summed E-state index contributed by atoms with van der Waals surface area (Å²) in [6.07, 6.45) is 0. The van der Waals surface area contributed by atoms with Gasteiger partial charge >= 0.3 is 0 Å². The maximum atomic E-state index is 6.89. The molecule has 0 amide bonds. The molecule has 0 saturated carbocycles. The van der Waals surface area contributed by atoms with Crippen molar-refractivity contribution in [1.82, 2.24) is 9.13 Å². The molecule has 3 heterocycles. The first-order valence-electron chi connectivity index (χ1n) is 19.1. The van der Waals surface area contributed by atoms with Crippen LogP contribution in [0.4, 0.5) is 0 Å². The Morgan fingerprint density at radius 3 is 1.69 bits per heavy atom. The van der Waals surface area contributed by atoms with Crippen molar-refractivity contribution in [3.05, 3.63) is 103 Å². The molecule has 246 valence electrons. The summed E-state index contributed by atoms with van der Waals surface area (Å²) in [5.41, 5.74) is 23.6. The van der Waals surface area contributed by atoms with Crippen LogP contribution in [0.1, 0.15) is 0 Å². The lowest BCUT2D eigenvalue weighted by Crippen LogP contribution is -2.55. The van der Waals surface area contributed by atoms with Gasteiger partial charge in [0, 0.05) is 43.7 Å². The number of para-hydroxylation sites is 3. The maximum absolute atomic E-state index is 6.89. The Bertz CT molecular complexity index is 3260. The first-order valence-corrected chi connectivity index (χ1v) is 19.1. The van der Waals surface area contributed by atoms with E-state index in [9.17, 15) is 0 Å². The molecule has 54 heavy (non-hydrogen) atoms. The van der Waals surface area contributed by atoms with Gasteiger partial charge < -0.3 is 13.6 Å². The Kier molecular flexibility index (Phi) is 7.21. The lowest BCUT2D eigenvalue weighted by atomic mass is 9.59. The van der Waals surface area contributed by atoms with Crippen LogP contribution in [0.25, 0.3) is 88.1 Å². The summed E-state index contributed by atoms with van der Waals surface area (Å²) in [6, 6.07) is 37.9. The lowest BCUT2D eigenvalue weighted by molar-refractivity contribution is 0.670. The van der Waals surface area contributed by atoms with Gasteiger partial charge in [0.1, 0.15) is 81.8 Å². The van der Waals surface area contributed by atoms with Crippen LogP contribution in [-0.2, 0) is 0 Å². The number of benzene rings is 7. The molecule has 0 atom stereocenters. The van der Waals surface area contributed by atoms with Gasteiger partial charge in [0.15, 0.2) is 0 Å². The summed E-state index contributed by atoms with van der Waals surface area (Å²) in [7, 11) is 20.4. The van der Waals surface area contributed by atoms with E-state index in [1.165, 1.54) is 104 Å². The number of nitrogens with zero attached hydrogens (tertiary/aromatic N) is 2. The highest BCUT2D eigenvalue weighted by Gasteiger charge is 2.24. The molecule has 12 heteroatoms. The second-order valence-corrected chi connectivity index (χ2v) is 15.6. The minimum atomic E-state index is 0.905. The maximum Gasteiger partial charge on any atom is 0.145 e. The second-order valence-electron chi connectivity index (χ2n) is 15.6. The number of hydrogen-bond donors (Lipinski definition) is 0. The second kappa shape index (κ2) is 11.8. The summed E-state index contributed by atoms with van der Waals surface area (Å²) in [5, 5.41) is 7.39. The number of hydrogen-bond acceptors (Lipinski definition) is 1. The number of rotatable bonds is 3. The third-order valence-corrected chi connectivity index (χ3v) is 13.2. The Balaban J connectivity index is 1.30. The molecular formula is C42H35B9N2O. The average Bonchev–Trinajstić information content (AvgIpc) is 3.86. The molecule has 0 spiro atoms. The fraction of sp³-hybridized carbons (Fsp3) is 0. The number of aromatic nitrogens is 2. The van der Waals surface area contributed by atoms with Gasteiger partial charge in [-0.1, -0.05) is 81.9 Å². The van der Waals surface area contributed by atoms with E-state index >= 15 is 0 Å². The molecule has 10 rings (SSSR count). The minimum Gasteiger partial charge on any atom is -0.455 e. The van der Waals surface area contributed by atoms with Crippen molar-refractivity contribution in [3.8, 4) is 22.5 Å². The minimum absolute atomic E-state index is 0.905. The van der Waals surface area contributed by atoms with Gasteiger partial charge in [0.05, 0.1) is 27.6 Å². The number of fused-ring (bicyclic) bond motifs is 9. The smallest absolute Gasteiger partial charge is 0.145 e. The van der Waals surface area contributed by atoms with Crippen LogP contribution >= 0.6 is 0 Å². The first kappa shape index (κ1) is 33.1. The van der Waals surface area contributed by atoms with Crippen LogP contribution < -0.4 is 49.2 Å². The van der Waals surface area contributed by atoms with E-state index in [0.717, 1.165) is 33.2 Å². The summed E-state index contributed by atoms with van der Waals surface area (Å²) in [5.74, 6) is 0. The van der Waals surface area contributed by atoms with Crippen LogP contribution in [0.2, 0.25) is 0 Å². The molecule has 0 unspecified atom stereocenters. The normalized spacial score (nSPS) is 12.0. The molecule has 0 radical (unpaired) electrons. The highest BCUT2D eigenvalue weighted by atomic mass is 16.3. The van der Waals surface area contributed by atoms with Gasteiger partial charge in [0.25, 0.3) is 0 Å². The fourth-order valence-electron chi connectivity index (χ4n) is 9.63. The first-order chi connectivity index (χ1) is 26.1. The zero-order chi connectivity index (χ0) is 37.3. The molecule has 7 aromatic carbocycles. The highest BCUT2D eigenvalue weighted by molar-refractivity contribution is 6.69. The van der Waals surface area contributed by atoms with Crippen molar-refractivity contribution < 1.29 is 4.42 Å². The van der Waals surface area contributed by atoms with Crippen molar-refractivity contribution >= 4 is 185 Å². The third-order valence-electron chi connectivity index (χ3n) is 13.2. The van der Waals surface area contributed by atoms with Crippen molar-refractivity contribution in [2.24, 2.45) is 0 Å². The molecule has 0 N–H and O–H groups in total. The van der Waals surface area contributed by atoms with Gasteiger partial charge in [0.2, 0.25) is 0 Å². The van der Waals surface area contributed by atoms with E-state index in [-0.39, 0.29) is 0 Å². The molecule has 0 bridgehead atoms. The standard InChI is InChI=1S/C42H35B9N2O/c43-32-30(33(44)36(47)38(49)35(32)46)22-14-16-27(29-21-9-3-6-12-28(21)54-42(22)29)53-24-10-4-1-7-19(24)23-17-18(13-15-26(23)53)52-25-11-5-2-8-20(25)31-34(45)37(48)39(50)40(51)41(31)52/h1-17H,43-51H2. The zero-order valence-electron chi connectivity index (χ0n) is 32.6. The Morgan fingerprint density at radius 1 is 0.407 bits per heavy atom. The molecule has 3 aromatic heterocycles. The Morgan fingerprint density at radius 2 is 0.963 bits per heavy atom. The molecule has 0 aliphatic heterocycles. The summed E-state index contributed by atoms with van der Waals surface area (Å²) < 4.78 is 11.9. The van der Waals surface area contributed by atoms with Crippen LogP contribution in [0.3, 0.4) is 0 Å². The predicted octanol–water partition coefficient (Wildman–Crippen LogP) is -4.23. The molecular weight excluding hydrogens is 646 g/mol. The van der Waals surface area contributed by atoms with E-state index in [1.54, 1.807) is 0 Å². The third kappa shape index (κ3) is 4.31. The van der Waals surface area contributed by atoms with Crippen LogP contribution in [0.15, 0.2) is 108 Å². The van der Waals surface area contributed by atoms with E-state index in [4.69, 9.17) is 4.42 Å². The lowest BCUT2D eigenvalue weighted by Gasteiger charge is -2.21. The van der Waals surface area contributed by atoms with Gasteiger partial charge in [-0.25, -0.2) is 0 Å². The Hall–Kier alpha value is -5.48. The van der Waals surface area contributed by atoms with Crippen molar-refractivity contribution in [1.29, 1.82) is 0 Å². The largest absolute Gasteiger partial charge is 0.455 e. The zero-order valence-corrected chi connectivity index (χ0v) is 32.6. The number of furan rings is 1. The van der Waals surface area contributed by atoms with Crippen LogP contribution in [-0.4, -0.2) is 79.8 Å². The van der Waals surface area contributed by atoms with Gasteiger partial charge in [-0.2, -0.15) is 0 Å². The van der Waals surface area contributed by atoms with Gasteiger partial charge in [-0.05, 0) is 54.1 Å². The van der Waals surface area contributed by atoms with Crippen molar-refractivity contribution in [2.45, 2.75) is 0 Å². The van der Waals surface area contributed by atoms with Gasteiger partial charge in [-0.3, -0.25) is 0 Å². The molecule has 0 aliphatic rings. The predicted molar refractivity (Wildman–Crippen MR) is 261 cm³/mol. The van der Waals surface area contributed by atoms with Crippen LogP contribution in [0.5, 0.6) is 0 Å². The Labute approximate surface area is 323 Å². The molecule has 0 saturated heterocycles. The summed E-state index contributed by atoms with van der Waals surface area (Å²) >= 11 is 0. The average molecular weight is 681 g/mol. The van der Waals surface area contributed by atoms with E-state index in [0.29, 0.717) is 0 Å². The molecule has 3 nitrogen and oxygen atoms in total. The monoisotopic (exact) mass is 682 g/mol. The quantitative estimate of drug-likeness (QED) is 0.174. The summed E-state index contributed by atoms with van der Waals surface area (Å²) in [6.45, 7) is 0. The molecule has 0 fully saturated rings. The van der Waals surface area contributed by atoms with E-state index < -0.39 is 0 Å². The van der Waals surface area contributed by atoms with E-state index in [2.05, 4.69) is 183 Å². The van der Waals surface area contributed by atoms with Gasteiger partial charge in [-0.15, -0.1) is 21.9 Å². The SMILES string of the molecule is Bc1c(B)c(B)c(-c2ccc(-n3c4ccccc4c4cc(-n5c6ccccc6c6c(B)c(B)c(B)c(B)c65)ccc43)c3c2oc2ccccc23)c(B)c1B. The molecule has 0 aliphatic carbocycles. The highest BCUT2D eigenvalue weighted by Crippen LogP contribution is 2.42. The van der Waals surface area contributed by atoms with Crippen LogP contribution in [0, 0.1) is 0 Å². The topological polar surface area (TPSA) is 23.0 Å². The fourth-order valence-corrected chi connectivity index (χ4v) is 9.63. The van der Waals surface area contributed by atoms with Crippen molar-refractivity contribution in [3.63, 3.8) is 0 Å².